The fraction of sp³-hybridized carbons (Fsp3) is 0.778. The third-order valence-corrected chi connectivity index (χ3v) is 5.34. The molecule has 122 valence electrons. The number of hydrogen-bond acceptors (Lipinski definition) is 3. The Morgan fingerprint density at radius 3 is 2.48 bits per heavy atom. The minimum absolute atomic E-state index is 0.115. The molecule has 0 aromatic carbocycles. The van der Waals surface area contributed by atoms with Gasteiger partial charge >= 0.3 is 0 Å². The van der Waals surface area contributed by atoms with Crippen LogP contribution >= 0.6 is 11.3 Å². The molecule has 0 fully saturated rings. The second kappa shape index (κ2) is 9.60. The van der Waals surface area contributed by atoms with E-state index in [0.29, 0.717) is 6.04 Å². The second-order valence-electron chi connectivity index (χ2n) is 6.67. The van der Waals surface area contributed by atoms with Crippen molar-refractivity contribution in [2.24, 2.45) is 5.73 Å². The minimum atomic E-state index is 0.115. The summed E-state index contributed by atoms with van der Waals surface area (Å²) < 4.78 is 0. The van der Waals surface area contributed by atoms with Gasteiger partial charge in [0.2, 0.25) is 0 Å². The lowest BCUT2D eigenvalue weighted by atomic mass is 9.90. The molecule has 21 heavy (non-hydrogen) atoms. The number of nitrogens with two attached hydrogens (primary N) is 1. The fourth-order valence-corrected chi connectivity index (χ4v) is 3.74. The number of thiophene rings is 1. The Morgan fingerprint density at radius 2 is 1.95 bits per heavy atom. The van der Waals surface area contributed by atoms with Crippen LogP contribution < -0.4 is 5.73 Å². The van der Waals surface area contributed by atoms with Crippen LogP contribution in [0.25, 0.3) is 0 Å². The molecule has 2 nitrogen and oxygen atoms in total. The molecule has 0 radical (unpaired) electrons. The van der Waals surface area contributed by atoms with Crippen molar-refractivity contribution < 1.29 is 0 Å². The minimum Gasteiger partial charge on any atom is -0.329 e. The number of nitrogens with zero attached hydrogens (tertiary/aromatic N) is 1. The van der Waals surface area contributed by atoms with Gasteiger partial charge in [-0.1, -0.05) is 45.1 Å². The Kier molecular flexibility index (Phi) is 8.53. The molecule has 0 bridgehead atoms. The van der Waals surface area contributed by atoms with Crippen molar-refractivity contribution in [3.05, 3.63) is 22.4 Å². The highest BCUT2D eigenvalue weighted by molar-refractivity contribution is 7.09. The molecule has 0 saturated carbocycles. The van der Waals surface area contributed by atoms with E-state index in [1.165, 1.54) is 43.4 Å². The van der Waals surface area contributed by atoms with Crippen LogP contribution in [0.4, 0.5) is 0 Å². The summed E-state index contributed by atoms with van der Waals surface area (Å²) in [6, 6.07) is 4.90. The van der Waals surface area contributed by atoms with Crippen LogP contribution in [0.1, 0.15) is 71.1 Å². The van der Waals surface area contributed by atoms with Crippen LogP contribution in [-0.2, 0) is 6.54 Å². The Bertz CT molecular complexity index is 361. The van der Waals surface area contributed by atoms with Crippen molar-refractivity contribution in [2.45, 2.75) is 84.3 Å². The summed E-state index contributed by atoms with van der Waals surface area (Å²) in [4.78, 5) is 4.04. The smallest absolute Gasteiger partial charge is 0.0336 e. The summed E-state index contributed by atoms with van der Waals surface area (Å²) in [7, 11) is 0. The first-order chi connectivity index (χ1) is 10.0. The molecule has 1 heterocycles. The summed E-state index contributed by atoms with van der Waals surface area (Å²) in [5.74, 6) is 0. The average molecular weight is 311 g/mol. The Balaban J connectivity index is 2.61. The van der Waals surface area contributed by atoms with Crippen LogP contribution in [-0.4, -0.2) is 23.0 Å². The van der Waals surface area contributed by atoms with Crippen molar-refractivity contribution in [3.63, 3.8) is 0 Å². The van der Waals surface area contributed by atoms with Gasteiger partial charge in [0.25, 0.3) is 0 Å². The highest BCUT2D eigenvalue weighted by Crippen LogP contribution is 2.27. The largest absolute Gasteiger partial charge is 0.329 e. The standard InChI is InChI=1S/C18H34N2S/c1-5-6-7-8-9-12-18(4,15-19)20(16(2)3)14-17-11-10-13-21-17/h10-11,13,16H,5-9,12,14-15,19H2,1-4H3. The maximum atomic E-state index is 6.18. The Hall–Kier alpha value is -0.380. The molecule has 1 atom stereocenters. The van der Waals surface area contributed by atoms with E-state index in [0.717, 1.165) is 13.1 Å². The first-order valence-electron chi connectivity index (χ1n) is 8.52. The Morgan fingerprint density at radius 1 is 1.24 bits per heavy atom. The maximum absolute atomic E-state index is 6.18. The van der Waals surface area contributed by atoms with Gasteiger partial charge in [-0.15, -0.1) is 11.3 Å². The van der Waals surface area contributed by atoms with Gasteiger partial charge in [0.1, 0.15) is 0 Å². The third-order valence-electron chi connectivity index (χ3n) is 4.48. The van der Waals surface area contributed by atoms with Gasteiger partial charge in [-0.3, -0.25) is 4.90 Å². The topological polar surface area (TPSA) is 29.3 Å². The molecule has 0 aliphatic heterocycles. The SMILES string of the molecule is CCCCCCCC(C)(CN)N(Cc1cccs1)C(C)C. The van der Waals surface area contributed by atoms with Crippen molar-refractivity contribution in [3.8, 4) is 0 Å². The summed E-state index contributed by atoms with van der Waals surface area (Å²) >= 11 is 1.85. The summed E-state index contributed by atoms with van der Waals surface area (Å²) in [5.41, 5.74) is 6.29. The fourth-order valence-electron chi connectivity index (χ4n) is 3.04. The van der Waals surface area contributed by atoms with Gasteiger partial charge in [0.05, 0.1) is 0 Å². The summed E-state index contributed by atoms with van der Waals surface area (Å²) in [6.45, 7) is 11.0. The van der Waals surface area contributed by atoms with Gasteiger partial charge in [0.15, 0.2) is 0 Å². The molecule has 1 aromatic rings. The van der Waals surface area contributed by atoms with Gasteiger partial charge in [-0.05, 0) is 38.6 Å². The normalized spacial score (nSPS) is 14.8. The monoisotopic (exact) mass is 310 g/mol. The highest BCUT2D eigenvalue weighted by atomic mass is 32.1. The van der Waals surface area contributed by atoms with Gasteiger partial charge in [-0.25, -0.2) is 0 Å². The molecule has 1 aromatic heterocycles. The zero-order valence-corrected chi connectivity index (χ0v) is 15.2. The predicted octanol–water partition coefficient (Wildman–Crippen LogP) is 5.04. The van der Waals surface area contributed by atoms with Crippen molar-refractivity contribution in [1.82, 2.24) is 4.90 Å². The molecular formula is C18H34N2S. The summed E-state index contributed by atoms with van der Waals surface area (Å²) in [6.07, 6.45) is 7.88. The molecule has 3 heteroatoms. The van der Waals surface area contributed by atoms with E-state index >= 15 is 0 Å². The van der Waals surface area contributed by atoms with Crippen LogP contribution in [0.3, 0.4) is 0 Å². The molecule has 0 spiro atoms. The van der Waals surface area contributed by atoms with Crippen molar-refractivity contribution in [2.75, 3.05) is 6.54 Å². The van der Waals surface area contributed by atoms with E-state index in [1.807, 2.05) is 11.3 Å². The lowest BCUT2D eigenvalue weighted by molar-refractivity contribution is 0.0587. The first kappa shape index (κ1) is 18.7. The summed E-state index contributed by atoms with van der Waals surface area (Å²) in [5, 5.41) is 2.17. The number of rotatable bonds is 11. The van der Waals surface area contributed by atoms with Crippen LogP contribution in [0.2, 0.25) is 0 Å². The highest BCUT2D eigenvalue weighted by Gasteiger charge is 2.32. The predicted molar refractivity (Wildman–Crippen MR) is 95.8 cm³/mol. The maximum Gasteiger partial charge on any atom is 0.0336 e. The third kappa shape index (κ3) is 6.09. The second-order valence-corrected chi connectivity index (χ2v) is 7.70. The van der Waals surface area contributed by atoms with Crippen molar-refractivity contribution >= 4 is 11.3 Å². The molecule has 0 aliphatic rings. The molecule has 2 N–H and O–H groups in total. The van der Waals surface area contributed by atoms with Crippen molar-refractivity contribution in [1.29, 1.82) is 0 Å². The molecular weight excluding hydrogens is 276 g/mol. The molecule has 1 unspecified atom stereocenters. The van der Waals surface area contributed by atoms with Gasteiger partial charge in [0, 0.05) is 29.5 Å². The Labute approximate surface area is 135 Å². The molecule has 0 amide bonds. The van der Waals surface area contributed by atoms with Gasteiger partial charge < -0.3 is 5.73 Å². The van der Waals surface area contributed by atoms with Gasteiger partial charge in [-0.2, -0.15) is 0 Å². The average Bonchev–Trinajstić information content (AvgIpc) is 2.97. The van der Waals surface area contributed by atoms with Crippen LogP contribution in [0.5, 0.6) is 0 Å². The zero-order valence-electron chi connectivity index (χ0n) is 14.4. The van der Waals surface area contributed by atoms with E-state index in [4.69, 9.17) is 5.73 Å². The lowest BCUT2D eigenvalue weighted by Gasteiger charge is -2.43. The van der Waals surface area contributed by atoms with E-state index < -0.39 is 0 Å². The number of unbranched alkanes of at least 4 members (excludes halogenated alkanes) is 4. The lowest BCUT2D eigenvalue weighted by Crippen LogP contribution is -2.54. The van der Waals surface area contributed by atoms with Crippen LogP contribution in [0, 0.1) is 0 Å². The molecule has 1 rings (SSSR count). The number of hydrogen-bond donors (Lipinski definition) is 1. The van der Waals surface area contributed by atoms with E-state index in [2.05, 4.69) is 50.1 Å². The molecule has 0 saturated heterocycles. The molecule has 0 aliphatic carbocycles. The van der Waals surface area contributed by atoms with E-state index in [9.17, 15) is 0 Å². The zero-order chi connectivity index (χ0) is 15.7. The first-order valence-corrected chi connectivity index (χ1v) is 9.40. The quantitative estimate of drug-likeness (QED) is 0.580. The van der Waals surface area contributed by atoms with E-state index in [-0.39, 0.29) is 5.54 Å². The van der Waals surface area contributed by atoms with Crippen LogP contribution in [0.15, 0.2) is 17.5 Å². The van der Waals surface area contributed by atoms with E-state index in [1.54, 1.807) is 0 Å².